The number of aliphatic carboxylic acids is 1. The first-order valence-electron chi connectivity index (χ1n) is 9.09. The molecule has 9 nitrogen and oxygen atoms in total. The number of rotatable bonds is 3. The van der Waals surface area contributed by atoms with Crippen molar-refractivity contribution in [3.8, 4) is 5.75 Å². The quantitative estimate of drug-likeness (QED) is 0.547. The molecule has 30 heavy (non-hydrogen) atoms. The van der Waals surface area contributed by atoms with Gasteiger partial charge in [-0.2, -0.15) is 0 Å². The summed E-state index contributed by atoms with van der Waals surface area (Å²) in [7, 11) is -1.65. The molecule has 4 heterocycles. The van der Waals surface area contributed by atoms with Gasteiger partial charge >= 0.3 is 5.97 Å². The number of ether oxygens (including phenoxy) is 1. The molecule has 1 amide bonds. The van der Waals surface area contributed by atoms with Gasteiger partial charge in [-0.3, -0.25) is 4.79 Å². The molecule has 1 N–H and O–H groups in total. The Morgan fingerprint density at radius 1 is 1.33 bits per heavy atom. The molecule has 2 aromatic rings. The van der Waals surface area contributed by atoms with Crippen molar-refractivity contribution in [2.24, 2.45) is 0 Å². The van der Waals surface area contributed by atoms with Crippen LogP contribution in [-0.4, -0.2) is 69.9 Å². The highest BCUT2D eigenvalue weighted by Gasteiger charge is 2.53. The number of fused-ring (bicyclic) bond motifs is 2. The van der Waals surface area contributed by atoms with Gasteiger partial charge in [-0.25, -0.2) is 18.2 Å². The summed E-state index contributed by atoms with van der Waals surface area (Å²) in [6.45, 7) is 0.368. The zero-order chi connectivity index (χ0) is 21.5. The van der Waals surface area contributed by atoms with Crippen LogP contribution in [0.2, 0.25) is 0 Å². The van der Waals surface area contributed by atoms with Crippen LogP contribution < -0.4 is 4.74 Å². The second-order valence-electron chi connectivity index (χ2n) is 6.83. The maximum Gasteiger partial charge on any atom is 0.327 e. The third kappa shape index (κ3) is 3.58. The fourth-order valence-corrected chi connectivity index (χ4v) is 6.21. The summed E-state index contributed by atoms with van der Waals surface area (Å²) in [6.07, 6.45) is 3.17. The van der Waals surface area contributed by atoms with E-state index in [-0.39, 0.29) is 22.2 Å². The maximum atomic E-state index is 12.1. The van der Waals surface area contributed by atoms with E-state index in [0.717, 1.165) is 5.75 Å². The standard InChI is InChI=1S/C12H11N3O5S2.C7H8O/c16-9-7(10-15(9)8(5-21-10)11(17)18)3-6-4-14-1-2-22(19,20)12(14)13-6;1-8-7-5-3-2-4-6-7/h3-4,8,10H,1-2,5H2,(H,17,18);2-6H,1H3/t8?,10-;/m1./s1. The van der Waals surface area contributed by atoms with Crippen LogP contribution in [-0.2, 0) is 26.0 Å². The van der Waals surface area contributed by atoms with Crippen molar-refractivity contribution in [2.45, 2.75) is 23.1 Å². The molecular formula is C19H19N3O6S2. The molecule has 5 rings (SSSR count). The Bertz CT molecular complexity index is 1130. The molecule has 158 valence electrons. The van der Waals surface area contributed by atoms with Crippen molar-refractivity contribution in [1.29, 1.82) is 0 Å². The Hall–Kier alpha value is -2.79. The van der Waals surface area contributed by atoms with Crippen LogP contribution in [0.1, 0.15) is 5.69 Å². The second-order valence-corrected chi connectivity index (χ2v) is 9.95. The molecular weight excluding hydrogens is 430 g/mol. The average molecular weight is 450 g/mol. The SMILES string of the molecule is COc1ccccc1.O=C(O)C1CS[C@@H]2C(=Cc3cn4c(n3)S(=O)(=O)CC4)C(=O)N12. The van der Waals surface area contributed by atoms with Crippen molar-refractivity contribution in [2.75, 3.05) is 18.6 Å². The number of hydrogen-bond donors (Lipinski definition) is 1. The molecule has 2 saturated heterocycles. The minimum absolute atomic E-state index is 0.0328. The lowest BCUT2D eigenvalue weighted by Gasteiger charge is -2.38. The number of benzene rings is 1. The molecule has 1 unspecified atom stereocenters. The monoisotopic (exact) mass is 449 g/mol. The summed E-state index contributed by atoms with van der Waals surface area (Å²) >= 11 is 1.39. The van der Waals surface area contributed by atoms with Gasteiger partial charge in [0.1, 0.15) is 17.2 Å². The molecule has 2 fully saturated rings. The Labute approximate surface area is 177 Å². The Morgan fingerprint density at radius 3 is 2.67 bits per heavy atom. The third-order valence-electron chi connectivity index (χ3n) is 4.95. The van der Waals surface area contributed by atoms with Gasteiger partial charge in [-0.05, 0) is 18.2 Å². The molecule has 0 radical (unpaired) electrons. The van der Waals surface area contributed by atoms with Gasteiger partial charge in [-0.1, -0.05) is 18.2 Å². The number of methoxy groups -OCH3 is 1. The maximum absolute atomic E-state index is 12.1. The van der Waals surface area contributed by atoms with E-state index in [1.54, 1.807) is 23.9 Å². The molecule has 1 aromatic heterocycles. The number of para-hydroxylation sites is 1. The Morgan fingerprint density at radius 2 is 2.07 bits per heavy atom. The van der Waals surface area contributed by atoms with Crippen LogP contribution >= 0.6 is 11.8 Å². The fourth-order valence-electron chi connectivity index (χ4n) is 3.43. The van der Waals surface area contributed by atoms with Gasteiger partial charge in [-0.15, -0.1) is 11.8 Å². The first-order valence-corrected chi connectivity index (χ1v) is 11.8. The number of amides is 1. The molecule has 0 spiro atoms. The largest absolute Gasteiger partial charge is 0.497 e. The first-order chi connectivity index (χ1) is 14.3. The summed E-state index contributed by atoms with van der Waals surface area (Å²) in [6, 6.07) is 8.90. The second kappa shape index (κ2) is 7.80. The fraction of sp³-hybridized carbons (Fsp3) is 0.316. The molecule has 11 heteroatoms. The number of thioether (sulfide) groups is 1. The summed E-state index contributed by atoms with van der Waals surface area (Å²) in [4.78, 5) is 28.6. The third-order valence-corrected chi connectivity index (χ3v) is 7.86. The van der Waals surface area contributed by atoms with E-state index in [0.29, 0.717) is 23.6 Å². The van der Waals surface area contributed by atoms with Crippen LogP contribution in [0.15, 0.2) is 47.3 Å². The average Bonchev–Trinajstić information content (AvgIpc) is 3.40. The normalized spacial score (nSPS) is 24.5. The number of hydrogen-bond acceptors (Lipinski definition) is 7. The van der Waals surface area contributed by atoms with Crippen LogP contribution in [0, 0.1) is 0 Å². The van der Waals surface area contributed by atoms with Crippen molar-refractivity contribution in [1.82, 2.24) is 14.5 Å². The van der Waals surface area contributed by atoms with Crippen LogP contribution in [0.5, 0.6) is 5.75 Å². The topological polar surface area (TPSA) is 119 Å². The summed E-state index contributed by atoms with van der Waals surface area (Å²) in [5.41, 5.74) is 0.892. The molecule has 0 saturated carbocycles. The van der Waals surface area contributed by atoms with Gasteiger partial charge < -0.3 is 19.3 Å². The van der Waals surface area contributed by atoms with Gasteiger partial charge in [0.15, 0.2) is 0 Å². The molecule has 3 aliphatic rings. The number of carboxylic acids is 1. The summed E-state index contributed by atoms with van der Waals surface area (Å²) in [5.74, 6) is -0.00480. The number of carbonyl (C=O) groups is 2. The Kier molecular flexibility index (Phi) is 5.33. The van der Waals surface area contributed by atoms with Crippen LogP contribution in [0.4, 0.5) is 0 Å². The van der Waals surface area contributed by atoms with Gasteiger partial charge in [0.2, 0.25) is 15.0 Å². The number of aryl methyl sites for hydroxylation is 1. The van der Waals surface area contributed by atoms with Crippen molar-refractivity contribution in [3.63, 3.8) is 0 Å². The predicted molar refractivity (Wildman–Crippen MR) is 110 cm³/mol. The van der Waals surface area contributed by atoms with Gasteiger partial charge in [0.05, 0.1) is 24.1 Å². The van der Waals surface area contributed by atoms with Gasteiger partial charge in [0, 0.05) is 18.5 Å². The lowest BCUT2D eigenvalue weighted by atomic mass is 10.0. The highest BCUT2D eigenvalue weighted by molar-refractivity contribution is 8.00. The van der Waals surface area contributed by atoms with E-state index in [1.807, 2.05) is 30.3 Å². The lowest BCUT2D eigenvalue weighted by molar-refractivity contribution is -0.150. The van der Waals surface area contributed by atoms with E-state index < -0.39 is 21.8 Å². The van der Waals surface area contributed by atoms with Crippen LogP contribution in [0.3, 0.4) is 0 Å². The zero-order valence-electron chi connectivity index (χ0n) is 16.0. The van der Waals surface area contributed by atoms with E-state index in [1.165, 1.54) is 16.7 Å². The molecule has 0 bridgehead atoms. The minimum atomic E-state index is -3.32. The van der Waals surface area contributed by atoms with Gasteiger partial charge in [0.25, 0.3) is 5.91 Å². The number of β-lactam (4-membered cyclic amide) rings is 1. The lowest BCUT2D eigenvalue weighted by Crippen LogP contribution is -2.56. The summed E-state index contributed by atoms with van der Waals surface area (Å²) < 4.78 is 30.0. The van der Waals surface area contributed by atoms with E-state index in [9.17, 15) is 18.0 Å². The van der Waals surface area contributed by atoms with E-state index in [4.69, 9.17) is 9.84 Å². The number of imidazole rings is 1. The Balaban J connectivity index is 0.000000230. The van der Waals surface area contributed by atoms with Crippen molar-refractivity contribution in [3.05, 3.63) is 47.8 Å². The van der Waals surface area contributed by atoms with E-state index in [2.05, 4.69) is 4.98 Å². The highest BCUT2D eigenvalue weighted by atomic mass is 32.2. The smallest absolute Gasteiger partial charge is 0.327 e. The predicted octanol–water partition coefficient (Wildman–Crippen LogP) is 1.12. The molecule has 0 aliphatic carbocycles. The van der Waals surface area contributed by atoms with Crippen molar-refractivity contribution < 1.29 is 27.9 Å². The zero-order valence-corrected chi connectivity index (χ0v) is 17.6. The molecule has 1 aromatic carbocycles. The highest BCUT2D eigenvalue weighted by Crippen LogP contribution is 2.43. The molecule has 3 aliphatic heterocycles. The number of carbonyl (C=O) groups excluding carboxylic acids is 1. The number of nitrogens with zero attached hydrogens (tertiary/aromatic N) is 3. The van der Waals surface area contributed by atoms with Crippen LogP contribution in [0.25, 0.3) is 6.08 Å². The minimum Gasteiger partial charge on any atom is -0.497 e. The first kappa shape index (κ1) is 20.5. The van der Waals surface area contributed by atoms with E-state index >= 15 is 0 Å². The summed E-state index contributed by atoms with van der Waals surface area (Å²) in [5, 5.41) is 8.81. The van der Waals surface area contributed by atoms with Crippen molar-refractivity contribution >= 4 is 39.6 Å². The molecule has 2 atom stereocenters. The number of sulfone groups is 1. The number of aromatic nitrogens is 2. The number of carboxylic acid groups (broad SMARTS) is 1.